The molecule has 0 aliphatic carbocycles. The highest BCUT2D eigenvalue weighted by Gasteiger charge is 2.45. The van der Waals surface area contributed by atoms with E-state index in [1.165, 1.54) is 12.1 Å². The van der Waals surface area contributed by atoms with Gasteiger partial charge in [0.1, 0.15) is 6.04 Å². The van der Waals surface area contributed by atoms with Gasteiger partial charge in [0.25, 0.3) is 10.0 Å². The van der Waals surface area contributed by atoms with Gasteiger partial charge in [0.15, 0.2) is 0 Å². The van der Waals surface area contributed by atoms with Crippen molar-refractivity contribution in [3.63, 3.8) is 0 Å². The van der Waals surface area contributed by atoms with Crippen LogP contribution in [-0.4, -0.2) is 61.7 Å². The van der Waals surface area contributed by atoms with Crippen molar-refractivity contribution in [3.8, 4) is 0 Å². The molecule has 9 heteroatoms. The number of benzene rings is 2. The number of carbonyl (C=O) groups excluding carboxylic acids is 2. The first-order valence-corrected chi connectivity index (χ1v) is 12.0. The van der Waals surface area contributed by atoms with Crippen molar-refractivity contribution in [2.24, 2.45) is 0 Å². The molecule has 0 saturated carbocycles. The van der Waals surface area contributed by atoms with Crippen molar-refractivity contribution in [1.82, 2.24) is 9.21 Å². The van der Waals surface area contributed by atoms with Gasteiger partial charge in [0, 0.05) is 43.3 Å². The molecule has 2 heterocycles. The summed E-state index contributed by atoms with van der Waals surface area (Å²) < 4.78 is 27.1. The van der Waals surface area contributed by atoms with Crippen LogP contribution in [0, 0.1) is 6.92 Å². The average molecular weight is 462 g/mol. The van der Waals surface area contributed by atoms with E-state index in [1.807, 2.05) is 31.2 Å². The first kappa shape index (κ1) is 21.6. The molecule has 0 spiro atoms. The Balaban J connectivity index is 1.49. The summed E-state index contributed by atoms with van der Waals surface area (Å²) >= 11 is 6.08. The van der Waals surface area contributed by atoms with Crippen LogP contribution >= 0.6 is 11.6 Å². The molecule has 2 fully saturated rings. The second-order valence-corrected chi connectivity index (χ2v) is 10.1. The third-order valence-corrected chi connectivity index (χ3v) is 7.87. The van der Waals surface area contributed by atoms with Crippen LogP contribution in [0.1, 0.15) is 18.4 Å². The molecule has 0 radical (unpaired) electrons. The largest absolute Gasteiger partial charge is 0.368 e. The highest BCUT2D eigenvalue weighted by Crippen LogP contribution is 2.29. The zero-order valence-corrected chi connectivity index (χ0v) is 18.8. The molecule has 2 aromatic carbocycles. The predicted octanol–water partition coefficient (Wildman–Crippen LogP) is 2.68. The zero-order chi connectivity index (χ0) is 22.2. The smallest absolute Gasteiger partial charge is 0.267 e. The topological polar surface area (TPSA) is 78.0 Å². The Morgan fingerprint density at radius 1 is 1.03 bits per heavy atom. The number of hydrogen-bond acceptors (Lipinski definition) is 5. The van der Waals surface area contributed by atoms with Crippen LogP contribution in [0.4, 0.5) is 5.69 Å². The Morgan fingerprint density at radius 3 is 2.35 bits per heavy atom. The van der Waals surface area contributed by atoms with Crippen LogP contribution in [-0.2, 0) is 19.6 Å². The fourth-order valence-electron chi connectivity index (χ4n) is 4.08. The third-order valence-electron chi connectivity index (χ3n) is 5.79. The first-order valence-electron chi connectivity index (χ1n) is 10.2. The van der Waals surface area contributed by atoms with E-state index in [0.717, 1.165) is 15.6 Å². The number of rotatable bonds is 4. The molecule has 0 bridgehead atoms. The molecule has 1 atom stereocenters. The minimum Gasteiger partial charge on any atom is -0.368 e. The van der Waals surface area contributed by atoms with E-state index in [4.69, 9.17) is 11.6 Å². The molecule has 0 aromatic heterocycles. The Morgan fingerprint density at radius 2 is 1.71 bits per heavy atom. The Kier molecular flexibility index (Phi) is 5.94. The number of carbonyl (C=O) groups is 2. The molecule has 164 valence electrons. The molecule has 0 N–H and O–H groups in total. The molecule has 2 amide bonds. The second kappa shape index (κ2) is 8.51. The Hall–Kier alpha value is -2.58. The molecule has 31 heavy (non-hydrogen) atoms. The molecular formula is C22H24ClN3O4S. The third kappa shape index (κ3) is 4.27. The highest BCUT2D eigenvalue weighted by molar-refractivity contribution is 7.89. The van der Waals surface area contributed by atoms with Crippen molar-refractivity contribution in [1.29, 1.82) is 0 Å². The summed E-state index contributed by atoms with van der Waals surface area (Å²) in [6, 6.07) is 12.9. The second-order valence-electron chi connectivity index (χ2n) is 7.85. The lowest BCUT2D eigenvalue weighted by Crippen LogP contribution is -2.55. The fraction of sp³-hybridized carbons (Fsp3) is 0.364. The van der Waals surface area contributed by atoms with E-state index in [2.05, 4.69) is 4.90 Å². The highest BCUT2D eigenvalue weighted by atomic mass is 35.5. The number of anilines is 1. The van der Waals surface area contributed by atoms with Gasteiger partial charge in [-0.1, -0.05) is 35.4 Å². The van der Waals surface area contributed by atoms with Gasteiger partial charge >= 0.3 is 0 Å². The number of sulfonamides is 1. The van der Waals surface area contributed by atoms with Crippen molar-refractivity contribution < 1.29 is 18.0 Å². The van der Waals surface area contributed by atoms with E-state index in [1.54, 1.807) is 17.0 Å². The van der Waals surface area contributed by atoms with Crippen LogP contribution in [0.15, 0.2) is 53.4 Å². The normalized spacial score (nSPS) is 19.7. The summed E-state index contributed by atoms with van der Waals surface area (Å²) in [7, 11) is -4.08. The van der Waals surface area contributed by atoms with Crippen molar-refractivity contribution in [3.05, 3.63) is 59.1 Å². The maximum atomic E-state index is 13.2. The Bertz CT molecular complexity index is 1100. The lowest BCUT2D eigenvalue weighted by atomic mass is 10.1. The quantitative estimate of drug-likeness (QED) is 0.699. The van der Waals surface area contributed by atoms with Crippen molar-refractivity contribution in [2.45, 2.75) is 30.7 Å². The van der Waals surface area contributed by atoms with Crippen molar-refractivity contribution in [2.75, 3.05) is 31.1 Å². The Labute approximate surface area is 187 Å². The molecule has 2 saturated heterocycles. The van der Waals surface area contributed by atoms with E-state index in [0.29, 0.717) is 31.2 Å². The van der Waals surface area contributed by atoms with E-state index in [9.17, 15) is 18.0 Å². The molecule has 1 unspecified atom stereocenters. The van der Waals surface area contributed by atoms with Gasteiger partial charge in [-0.2, -0.15) is 0 Å². The number of nitrogens with zero attached hydrogens (tertiary/aromatic N) is 3. The van der Waals surface area contributed by atoms with Gasteiger partial charge in [0.05, 0.1) is 4.90 Å². The van der Waals surface area contributed by atoms with E-state index >= 15 is 0 Å². The van der Waals surface area contributed by atoms with Crippen LogP contribution < -0.4 is 4.90 Å². The summed E-state index contributed by atoms with van der Waals surface area (Å²) in [5, 5.41) is 0.650. The predicted molar refractivity (Wildman–Crippen MR) is 118 cm³/mol. The van der Waals surface area contributed by atoms with Gasteiger partial charge < -0.3 is 9.80 Å². The summed E-state index contributed by atoms with van der Waals surface area (Å²) in [6.45, 7) is 3.98. The van der Waals surface area contributed by atoms with Gasteiger partial charge in [-0.15, -0.1) is 0 Å². The number of aryl methyl sites for hydroxylation is 1. The monoisotopic (exact) mass is 461 g/mol. The van der Waals surface area contributed by atoms with Crippen molar-refractivity contribution >= 4 is 39.1 Å². The summed E-state index contributed by atoms with van der Waals surface area (Å²) in [4.78, 5) is 29.5. The van der Waals surface area contributed by atoms with Crippen LogP contribution in [0.25, 0.3) is 0 Å². The van der Waals surface area contributed by atoms with Gasteiger partial charge in [0.2, 0.25) is 11.8 Å². The summed E-state index contributed by atoms with van der Waals surface area (Å²) in [5.41, 5.74) is 1.90. The molecular weight excluding hydrogens is 438 g/mol. The molecule has 4 rings (SSSR count). The number of hydrogen-bond donors (Lipinski definition) is 0. The maximum absolute atomic E-state index is 13.2. The molecule has 2 aliphatic rings. The molecule has 7 nitrogen and oxygen atoms in total. The summed E-state index contributed by atoms with van der Waals surface area (Å²) in [6.07, 6.45) is 0.251. The van der Waals surface area contributed by atoms with Gasteiger partial charge in [-0.3, -0.25) is 9.59 Å². The zero-order valence-electron chi connectivity index (χ0n) is 17.2. The number of halogens is 1. The standard InChI is InChI=1S/C22H24ClN3O4S/c1-16-5-7-19(8-6-16)31(29,30)26-20(9-10-21(26)27)22(28)25-13-11-24(12-14-25)18-4-2-3-17(23)15-18/h2-8,15,20H,9-14H2,1H3. The first-order chi connectivity index (χ1) is 14.8. The molecule has 2 aromatic rings. The fourth-order valence-corrected chi connectivity index (χ4v) is 5.86. The average Bonchev–Trinajstić information content (AvgIpc) is 3.16. The van der Waals surface area contributed by atoms with Crippen LogP contribution in [0.5, 0.6) is 0 Å². The van der Waals surface area contributed by atoms with E-state index < -0.39 is 22.0 Å². The van der Waals surface area contributed by atoms with E-state index in [-0.39, 0.29) is 23.6 Å². The van der Waals surface area contributed by atoms with Crippen LogP contribution in [0.2, 0.25) is 5.02 Å². The number of amides is 2. The summed E-state index contributed by atoms with van der Waals surface area (Å²) in [5.74, 6) is -0.844. The maximum Gasteiger partial charge on any atom is 0.267 e. The molecule has 2 aliphatic heterocycles. The minimum atomic E-state index is -4.08. The van der Waals surface area contributed by atoms with Crippen LogP contribution in [0.3, 0.4) is 0 Å². The SMILES string of the molecule is Cc1ccc(S(=O)(=O)N2C(=O)CCC2C(=O)N2CCN(c3cccc(Cl)c3)CC2)cc1. The number of piperazine rings is 1. The van der Waals surface area contributed by atoms with Gasteiger partial charge in [-0.05, 0) is 43.7 Å². The lowest BCUT2D eigenvalue weighted by Gasteiger charge is -2.38. The lowest BCUT2D eigenvalue weighted by molar-refractivity contribution is -0.138. The minimum absolute atomic E-state index is 0.0249. The van der Waals surface area contributed by atoms with Gasteiger partial charge in [-0.25, -0.2) is 12.7 Å².